The number of rotatable bonds is 8. The molecule has 1 atom stereocenters. The third kappa shape index (κ3) is 4.80. The Morgan fingerprint density at radius 2 is 2.06 bits per heavy atom. The average molecular weight is 460 g/mol. The van der Waals surface area contributed by atoms with Gasteiger partial charge in [0.05, 0.1) is 16.8 Å². The number of hydrogen-bond donors (Lipinski definition) is 2. The number of hydrogen-bond acceptors (Lipinski definition) is 6. The van der Waals surface area contributed by atoms with Crippen LogP contribution in [0.3, 0.4) is 0 Å². The normalized spacial score (nSPS) is 17.3. The number of nitrogens with one attached hydrogen (secondary N) is 2. The molecule has 0 bridgehead atoms. The first-order valence-electron chi connectivity index (χ1n) is 11.0. The molecule has 3 aromatic rings. The molecule has 1 aliphatic heterocycles. The number of aromatic nitrogens is 2. The van der Waals surface area contributed by atoms with Gasteiger partial charge in [-0.25, -0.2) is 14.4 Å². The van der Waals surface area contributed by atoms with E-state index in [9.17, 15) is 9.18 Å². The fourth-order valence-corrected chi connectivity index (χ4v) is 4.15. The predicted octanol–water partition coefficient (Wildman–Crippen LogP) is 4.80. The molecule has 1 fully saturated rings. The largest absolute Gasteiger partial charge is 0.457 e. The molecule has 1 aromatic heterocycles. The standard InChI is InChI=1S/C26H26FN5O2/c1-3-23(33)32-13-7-12-26(32,2)16-30-25-21(15-29-17-31-25)24(28)20-11-10-19(14-22(20)27)34-18-8-5-4-6-9-18/h3-6,8-11,14-15,17,28H,1,7,12-13,16H2,2H3,(H,29,30,31)/t26-/m1/s1. The molecular weight excluding hydrogens is 433 g/mol. The van der Waals surface area contributed by atoms with E-state index in [2.05, 4.69) is 21.9 Å². The Kier molecular flexibility index (Phi) is 6.67. The highest BCUT2D eigenvalue weighted by Gasteiger charge is 2.38. The third-order valence-corrected chi connectivity index (χ3v) is 6.00. The van der Waals surface area contributed by atoms with Crippen LogP contribution in [0.2, 0.25) is 0 Å². The monoisotopic (exact) mass is 459 g/mol. The Bertz CT molecular complexity index is 1220. The first kappa shape index (κ1) is 23.1. The Hall–Kier alpha value is -4.07. The van der Waals surface area contributed by atoms with E-state index in [1.54, 1.807) is 23.1 Å². The van der Waals surface area contributed by atoms with Gasteiger partial charge in [0.25, 0.3) is 0 Å². The molecule has 0 radical (unpaired) electrons. The van der Waals surface area contributed by atoms with Gasteiger partial charge in [-0.05, 0) is 50.1 Å². The lowest BCUT2D eigenvalue weighted by atomic mass is 9.98. The number of likely N-dealkylation sites (tertiary alicyclic amines) is 1. The van der Waals surface area contributed by atoms with E-state index >= 15 is 0 Å². The number of carbonyl (C=O) groups is 1. The minimum Gasteiger partial charge on any atom is -0.457 e. The van der Waals surface area contributed by atoms with Crippen LogP contribution in [0.25, 0.3) is 0 Å². The van der Waals surface area contributed by atoms with Crippen molar-refractivity contribution in [3.8, 4) is 11.5 Å². The highest BCUT2D eigenvalue weighted by Crippen LogP contribution is 2.30. The van der Waals surface area contributed by atoms with Gasteiger partial charge < -0.3 is 15.0 Å². The van der Waals surface area contributed by atoms with Crippen molar-refractivity contribution >= 4 is 17.4 Å². The Morgan fingerprint density at radius 3 is 2.79 bits per heavy atom. The minimum absolute atomic E-state index is 0.0533. The average Bonchev–Trinajstić information content (AvgIpc) is 3.24. The highest BCUT2D eigenvalue weighted by molar-refractivity contribution is 6.13. The number of nitrogens with zero attached hydrogens (tertiary/aromatic N) is 3. The summed E-state index contributed by atoms with van der Waals surface area (Å²) in [6.07, 6.45) is 5.90. The molecule has 0 aliphatic carbocycles. The zero-order valence-electron chi connectivity index (χ0n) is 18.9. The molecule has 0 unspecified atom stereocenters. The van der Waals surface area contributed by atoms with Crippen molar-refractivity contribution in [2.45, 2.75) is 25.3 Å². The molecular formula is C26H26FN5O2. The molecule has 174 valence electrons. The van der Waals surface area contributed by atoms with Crippen LogP contribution in [0.5, 0.6) is 11.5 Å². The summed E-state index contributed by atoms with van der Waals surface area (Å²) < 4.78 is 20.6. The number of para-hydroxylation sites is 1. The van der Waals surface area contributed by atoms with E-state index in [1.807, 2.05) is 25.1 Å². The zero-order valence-corrected chi connectivity index (χ0v) is 18.9. The van der Waals surface area contributed by atoms with Gasteiger partial charge in [-0.3, -0.25) is 10.2 Å². The SMILES string of the molecule is C=CC(=O)N1CCC[C@]1(C)CNc1ncncc1C(=N)c1ccc(Oc2ccccc2)cc1F. The van der Waals surface area contributed by atoms with Crippen molar-refractivity contribution in [1.82, 2.24) is 14.9 Å². The second-order valence-corrected chi connectivity index (χ2v) is 8.36. The molecule has 1 aliphatic rings. The number of ether oxygens (including phenoxy) is 1. The molecule has 1 amide bonds. The zero-order chi connectivity index (χ0) is 24.1. The number of anilines is 1. The summed E-state index contributed by atoms with van der Waals surface area (Å²) in [5.41, 5.74) is -0.00486. The second kappa shape index (κ2) is 9.82. The van der Waals surface area contributed by atoms with Crippen LogP contribution in [-0.2, 0) is 4.79 Å². The number of halogens is 1. The van der Waals surface area contributed by atoms with E-state index in [-0.39, 0.29) is 17.2 Å². The van der Waals surface area contributed by atoms with Crippen molar-refractivity contribution in [2.75, 3.05) is 18.4 Å². The minimum atomic E-state index is -0.584. The fraction of sp³-hybridized carbons (Fsp3) is 0.231. The van der Waals surface area contributed by atoms with Crippen molar-refractivity contribution < 1.29 is 13.9 Å². The summed E-state index contributed by atoms with van der Waals surface area (Å²) in [7, 11) is 0. The highest BCUT2D eigenvalue weighted by atomic mass is 19.1. The lowest BCUT2D eigenvalue weighted by Gasteiger charge is -2.35. The fourth-order valence-electron chi connectivity index (χ4n) is 4.15. The summed E-state index contributed by atoms with van der Waals surface area (Å²) in [5.74, 6) is 0.639. The van der Waals surface area contributed by atoms with E-state index in [1.165, 1.54) is 30.7 Å². The Balaban J connectivity index is 1.52. The van der Waals surface area contributed by atoms with Crippen LogP contribution in [0.4, 0.5) is 10.2 Å². The molecule has 7 nitrogen and oxygen atoms in total. The van der Waals surface area contributed by atoms with Crippen molar-refractivity contribution in [3.05, 3.63) is 90.7 Å². The van der Waals surface area contributed by atoms with Gasteiger partial charge in [0, 0.05) is 30.9 Å². The van der Waals surface area contributed by atoms with E-state index in [0.29, 0.717) is 36.0 Å². The summed E-state index contributed by atoms with van der Waals surface area (Å²) >= 11 is 0. The quantitative estimate of drug-likeness (QED) is 0.373. The van der Waals surface area contributed by atoms with Gasteiger partial charge in [-0.15, -0.1) is 0 Å². The predicted molar refractivity (Wildman–Crippen MR) is 129 cm³/mol. The molecule has 2 aromatic carbocycles. The molecule has 2 heterocycles. The van der Waals surface area contributed by atoms with Gasteiger partial charge in [0.15, 0.2) is 0 Å². The first-order chi connectivity index (χ1) is 16.4. The van der Waals surface area contributed by atoms with Crippen LogP contribution in [0.15, 0.2) is 73.7 Å². The number of benzene rings is 2. The lowest BCUT2D eigenvalue weighted by Crippen LogP contribution is -2.49. The van der Waals surface area contributed by atoms with Crippen LogP contribution in [-0.4, -0.2) is 45.1 Å². The van der Waals surface area contributed by atoms with Crippen molar-refractivity contribution in [3.63, 3.8) is 0 Å². The van der Waals surface area contributed by atoms with Gasteiger partial charge in [0.1, 0.15) is 29.5 Å². The third-order valence-electron chi connectivity index (χ3n) is 6.00. The van der Waals surface area contributed by atoms with Gasteiger partial charge in [0.2, 0.25) is 5.91 Å². The maximum atomic E-state index is 15.0. The molecule has 4 rings (SSSR count). The summed E-state index contributed by atoms with van der Waals surface area (Å²) in [5, 5.41) is 11.9. The van der Waals surface area contributed by atoms with Crippen LogP contribution in [0.1, 0.15) is 30.9 Å². The molecule has 2 N–H and O–H groups in total. The van der Waals surface area contributed by atoms with Gasteiger partial charge >= 0.3 is 0 Å². The van der Waals surface area contributed by atoms with Gasteiger partial charge in [-0.2, -0.15) is 0 Å². The molecule has 34 heavy (non-hydrogen) atoms. The summed E-state index contributed by atoms with van der Waals surface area (Å²) in [4.78, 5) is 22.4. The number of carbonyl (C=O) groups excluding carboxylic acids is 1. The van der Waals surface area contributed by atoms with E-state index in [4.69, 9.17) is 10.1 Å². The van der Waals surface area contributed by atoms with Crippen molar-refractivity contribution in [1.29, 1.82) is 5.41 Å². The molecule has 0 saturated carbocycles. The van der Waals surface area contributed by atoms with Gasteiger partial charge in [-0.1, -0.05) is 24.8 Å². The summed E-state index contributed by atoms with van der Waals surface area (Å²) in [6.45, 7) is 6.69. The van der Waals surface area contributed by atoms with Crippen LogP contribution < -0.4 is 10.1 Å². The molecule has 0 spiro atoms. The molecule has 8 heteroatoms. The second-order valence-electron chi connectivity index (χ2n) is 8.36. The topological polar surface area (TPSA) is 91.2 Å². The Morgan fingerprint density at radius 1 is 1.26 bits per heavy atom. The van der Waals surface area contributed by atoms with Crippen LogP contribution >= 0.6 is 0 Å². The maximum absolute atomic E-state index is 15.0. The maximum Gasteiger partial charge on any atom is 0.246 e. The molecule has 1 saturated heterocycles. The smallest absolute Gasteiger partial charge is 0.246 e. The first-order valence-corrected chi connectivity index (χ1v) is 11.0. The summed E-state index contributed by atoms with van der Waals surface area (Å²) in [6, 6.07) is 13.5. The number of amides is 1. The van der Waals surface area contributed by atoms with E-state index < -0.39 is 11.4 Å². The Labute approximate surface area is 197 Å². The lowest BCUT2D eigenvalue weighted by molar-refractivity contribution is -0.129. The van der Waals surface area contributed by atoms with E-state index in [0.717, 1.165) is 12.8 Å². The van der Waals surface area contributed by atoms with Crippen molar-refractivity contribution in [2.24, 2.45) is 0 Å². The van der Waals surface area contributed by atoms with Crippen LogP contribution in [0, 0.1) is 11.2 Å².